The molecule has 0 amide bonds. The summed E-state index contributed by atoms with van der Waals surface area (Å²) in [4.78, 5) is 21.6. The van der Waals surface area contributed by atoms with E-state index in [9.17, 15) is 9.59 Å². The molecule has 0 saturated carbocycles. The summed E-state index contributed by atoms with van der Waals surface area (Å²) in [6.45, 7) is 7.05. The van der Waals surface area contributed by atoms with E-state index in [2.05, 4.69) is 5.32 Å². The number of aliphatic carboxylic acids is 1. The molecule has 0 radical (unpaired) electrons. The number of ketones is 1. The normalized spacial score (nSPS) is 13.8. The van der Waals surface area contributed by atoms with Gasteiger partial charge in [0.2, 0.25) is 0 Å². The fourth-order valence-corrected chi connectivity index (χ4v) is 1.31. The predicted molar refractivity (Wildman–Crippen MR) is 58.5 cm³/mol. The number of carbonyl (C=O) groups excluding carboxylic acids is 1. The summed E-state index contributed by atoms with van der Waals surface area (Å²) in [6.07, 6.45) is 1.94. The summed E-state index contributed by atoms with van der Waals surface area (Å²) >= 11 is 0. The molecule has 0 spiro atoms. The second-order valence-corrected chi connectivity index (χ2v) is 4.10. The molecule has 86 valence electrons. The van der Waals surface area contributed by atoms with Crippen LogP contribution in [0.5, 0.6) is 0 Å². The van der Waals surface area contributed by atoms with Gasteiger partial charge in [-0.15, -0.1) is 0 Å². The summed E-state index contributed by atoms with van der Waals surface area (Å²) in [5.74, 6) is -0.683. The third kappa shape index (κ3) is 6.71. The van der Waals surface area contributed by atoms with Crippen molar-refractivity contribution in [1.29, 1.82) is 0 Å². The standard InChI is InChI=1S/C11H19NO3/c1-7(2)5-10(11(14)15)12-8(3)6-9(4)13/h6-7,10,12H,5H2,1-4H3,(H,14,15)/b8-6-. The maximum absolute atomic E-state index is 10.9. The first kappa shape index (κ1) is 13.7. The van der Waals surface area contributed by atoms with Crippen LogP contribution < -0.4 is 5.32 Å². The van der Waals surface area contributed by atoms with Crippen LogP contribution in [0, 0.1) is 5.92 Å². The molecule has 0 aromatic carbocycles. The van der Waals surface area contributed by atoms with Gasteiger partial charge in [-0.25, -0.2) is 4.79 Å². The Balaban J connectivity index is 4.41. The third-order valence-corrected chi connectivity index (χ3v) is 1.83. The number of carboxylic acid groups (broad SMARTS) is 1. The molecule has 0 aromatic rings. The number of hydrogen-bond donors (Lipinski definition) is 2. The molecule has 0 heterocycles. The molecule has 4 nitrogen and oxygen atoms in total. The molecule has 0 saturated heterocycles. The lowest BCUT2D eigenvalue weighted by atomic mass is 10.0. The van der Waals surface area contributed by atoms with Gasteiger partial charge in [-0.1, -0.05) is 13.8 Å². The fraction of sp³-hybridized carbons (Fsp3) is 0.636. The van der Waals surface area contributed by atoms with E-state index >= 15 is 0 Å². The van der Waals surface area contributed by atoms with Crippen molar-refractivity contribution in [3.05, 3.63) is 11.8 Å². The van der Waals surface area contributed by atoms with E-state index < -0.39 is 12.0 Å². The molecule has 15 heavy (non-hydrogen) atoms. The van der Waals surface area contributed by atoms with E-state index in [0.29, 0.717) is 18.0 Å². The molecule has 0 aliphatic rings. The first-order valence-electron chi connectivity index (χ1n) is 5.01. The van der Waals surface area contributed by atoms with Gasteiger partial charge in [0.1, 0.15) is 6.04 Å². The molecular formula is C11H19NO3. The fourth-order valence-electron chi connectivity index (χ4n) is 1.31. The first-order chi connectivity index (χ1) is 6.82. The van der Waals surface area contributed by atoms with Crippen LogP contribution in [0.1, 0.15) is 34.1 Å². The van der Waals surface area contributed by atoms with E-state index in [4.69, 9.17) is 5.11 Å². The van der Waals surface area contributed by atoms with E-state index in [0.717, 1.165) is 0 Å². The highest BCUT2D eigenvalue weighted by molar-refractivity contribution is 5.87. The van der Waals surface area contributed by atoms with Gasteiger partial charge in [-0.05, 0) is 32.3 Å². The minimum Gasteiger partial charge on any atom is -0.480 e. The predicted octanol–water partition coefficient (Wildman–Crippen LogP) is 1.57. The monoisotopic (exact) mass is 213 g/mol. The number of nitrogens with one attached hydrogen (secondary N) is 1. The number of carboxylic acids is 1. The lowest BCUT2D eigenvalue weighted by molar-refractivity contribution is -0.139. The number of hydrogen-bond acceptors (Lipinski definition) is 3. The van der Waals surface area contributed by atoms with Crippen molar-refractivity contribution in [2.75, 3.05) is 0 Å². The Labute approximate surface area is 90.4 Å². The van der Waals surface area contributed by atoms with Crippen molar-refractivity contribution in [2.45, 2.75) is 40.2 Å². The molecule has 0 aliphatic heterocycles. The van der Waals surface area contributed by atoms with Crippen molar-refractivity contribution in [1.82, 2.24) is 5.32 Å². The Morgan fingerprint density at radius 1 is 1.33 bits per heavy atom. The van der Waals surface area contributed by atoms with Gasteiger partial charge < -0.3 is 10.4 Å². The highest BCUT2D eigenvalue weighted by atomic mass is 16.4. The Bertz CT molecular complexity index is 269. The van der Waals surface area contributed by atoms with E-state index in [1.165, 1.54) is 13.0 Å². The van der Waals surface area contributed by atoms with Crippen molar-refractivity contribution in [3.8, 4) is 0 Å². The van der Waals surface area contributed by atoms with Crippen LogP contribution >= 0.6 is 0 Å². The van der Waals surface area contributed by atoms with Crippen LogP contribution in [-0.4, -0.2) is 22.9 Å². The highest BCUT2D eigenvalue weighted by Crippen LogP contribution is 2.06. The minimum absolute atomic E-state index is 0.0892. The zero-order valence-electron chi connectivity index (χ0n) is 9.70. The molecule has 0 rings (SSSR count). The average molecular weight is 213 g/mol. The van der Waals surface area contributed by atoms with Crippen molar-refractivity contribution >= 4 is 11.8 Å². The number of rotatable bonds is 6. The van der Waals surface area contributed by atoms with Crippen molar-refractivity contribution in [3.63, 3.8) is 0 Å². The van der Waals surface area contributed by atoms with Crippen LogP contribution in [0.3, 0.4) is 0 Å². The Morgan fingerprint density at radius 2 is 1.87 bits per heavy atom. The first-order valence-corrected chi connectivity index (χ1v) is 5.01. The summed E-state index contributed by atoms with van der Waals surface area (Å²) in [6, 6.07) is -0.624. The molecule has 0 fully saturated rings. The number of carbonyl (C=O) groups is 2. The molecule has 0 aliphatic carbocycles. The summed E-state index contributed by atoms with van der Waals surface area (Å²) in [5.41, 5.74) is 0.593. The topological polar surface area (TPSA) is 66.4 Å². The van der Waals surface area contributed by atoms with Gasteiger partial charge in [0.25, 0.3) is 0 Å². The summed E-state index contributed by atoms with van der Waals surface area (Å²) in [7, 11) is 0. The Hall–Kier alpha value is -1.32. The Kier molecular flexibility index (Phi) is 5.67. The number of allylic oxidation sites excluding steroid dienone is 2. The summed E-state index contributed by atoms with van der Waals surface area (Å²) < 4.78 is 0. The second-order valence-electron chi connectivity index (χ2n) is 4.10. The van der Waals surface area contributed by atoms with E-state index in [1.807, 2.05) is 13.8 Å². The lowest BCUT2D eigenvalue weighted by Gasteiger charge is -2.17. The van der Waals surface area contributed by atoms with Crippen molar-refractivity contribution in [2.24, 2.45) is 5.92 Å². The average Bonchev–Trinajstić information content (AvgIpc) is 1.99. The van der Waals surface area contributed by atoms with Crippen LogP contribution in [0.25, 0.3) is 0 Å². The maximum Gasteiger partial charge on any atom is 0.326 e. The minimum atomic E-state index is -0.889. The Morgan fingerprint density at radius 3 is 2.20 bits per heavy atom. The SMILES string of the molecule is CC(=O)/C=C(/C)NC(CC(C)C)C(=O)O. The maximum atomic E-state index is 10.9. The molecule has 0 bridgehead atoms. The largest absolute Gasteiger partial charge is 0.480 e. The molecule has 1 unspecified atom stereocenters. The van der Waals surface area contributed by atoms with Crippen LogP contribution in [0.15, 0.2) is 11.8 Å². The van der Waals surface area contributed by atoms with Gasteiger partial charge in [0.05, 0.1) is 0 Å². The van der Waals surface area contributed by atoms with E-state index in [1.54, 1.807) is 6.92 Å². The molecular weight excluding hydrogens is 194 g/mol. The molecule has 4 heteroatoms. The van der Waals surface area contributed by atoms with Crippen LogP contribution in [0.4, 0.5) is 0 Å². The van der Waals surface area contributed by atoms with Gasteiger partial charge >= 0.3 is 5.97 Å². The summed E-state index contributed by atoms with van der Waals surface area (Å²) in [5, 5.41) is 11.8. The van der Waals surface area contributed by atoms with E-state index in [-0.39, 0.29) is 5.78 Å². The zero-order valence-corrected chi connectivity index (χ0v) is 9.70. The smallest absolute Gasteiger partial charge is 0.326 e. The van der Waals surface area contributed by atoms with Gasteiger partial charge in [-0.3, -0.25) is 4.79 Å². The van der Waals surface area contributed by atoms with Crippen LogP contribution in [-0.2, 0) is 9.59 Å². The van der Waals surface area contributed by atoms with Crippen molar-refractivity contribution < 1.29 is 14.7 Å². The molecule has 2 N–H and O–H groups in total. The molecule has 1 atom stereocenters. The van der Waals surface area contributed by atoms with Gasteiger partial charge in [0.15, 0.2) is 5.78 Å². The molecule has 0 aromatic heterocycles. The lowest BCUT2D eigenvalue weighted by Crippen LogP contribution is -2.36. The highest BCUT2D eigenvalue weighted by Gasteiger charge is 2.18. The van der Waals surface area contributed by atoms with Gasteiger partial charge in [0, 0.05) is 5.70 Å². The quantitative estimate of drug-likeness (QED) is 0.657. The zero-order chi connectivity index (χ0) is 12.0. The third-order valence-electron chi connectivity index (χ3n) is 1.83. The van der Waals surface area contributed by atoms with Gasteiger partial charge in [-0.2, -0.15) is 0 Å². The van der Waals surface area contributed by atoms with Crippen LogP contribution in [0.2, 0.25) is 0 Å². The second kappa shape index (κ2) is 6.22.